The van der Waals surface area contributed by atoms with Crippen LogP contribution in [0.4, 0.5) is 0 Å². The maximum absolute atomic E-state index is 5.47. The van der Waals surface area contributed by atoms with Gasteiger partial charge >= 0.3 is 8.09 Å². The molecule has 0 aromatic rings. The molecule has 2 saturated heterocycles. The standard InChI is InChI=1S/C5H11NO3P/c1-5-4-6-10(9-5)7-2-3-8-10/h5-6H,2-4H2,1H3/q+1. The molecule has 2 aliphatic heterocycles. The van der Waals surface area contributed by atoms with Gasteiger partial charge in [0.15, 0.2) is 0 Å². The highest BCUT2D eigenvalue weighted by molar-refractivity contribution is 7.59. The summed E-state index contributed by atoms with van der Waals surface area (Å²) in [7, 11) is -2.00. The molecule has 58 valence electrons. The summed E-state index contributed by atoms with van der Waals surface area (Å²) in [6, 6.07) is 0. The Labute approximate surface area is 60.5 Å². The van der Waals surface area contributed by atoms with Crippen LogP contribution in [0.3, 0.4) is 0 Å². The van der Waals surface area contributed by atoms with Gasteiger partial charge in [-0.05, 0) is 6.92 Å². The Morgan fingerprint density at radius 3 is 2.60 bits per heavy atom. The van der Waals surface area contributed by atoms with Crippen molar-refractivity contribution < 1.29 is 13.6 Å². The molecule has 0 aromatic carbocycles. The van der Waals surface area contributed by atoms with E-state index in [0.29, 0.717) is 13.2 Å². The molecule has 1 spiro atoms. The molecule has 4 nitrogen and oxygen atoms in total. The highest BCUT2D eigenvalue weighted by atomic mass is 31.2. The minimum atomic E-state index is -2.00. The van der Waals surface area contributed by atoms with Gasteiger partial charge in [-0.15, -0.1) is 5.09 Å². The number of hydrogen-bond donors (Lipinski definition) is 1. The van der Waals surface area contributed by atoms with Gasteiger partial charge < -0.3 is 0 Å². The molecule has 0 radical (unpaired) electrons. The molecule has 0 amide bonds. The van der Waals surface area contributed by atoms with Crippen LogP contribution >= 0.6 is 8.09 Å². The van der Waals surface area contributed by atoms with Crippen molar-refractivity contribution in [1.29, 1.82) is 0 Å². The largest absolute Gasteiger partial charge is 0.502 e. The Bertz CT molecular complexity index is 137. The van der Waals surface area contributed by atoms with Crippen LogP contribution in [0.1, 0.15) is 6.92 Å². The lowest BCUT2D eigenvalue weighted by atomic mass is 10.4. The van der Waals surface area contributed by atoms with Gasteiger partial charge in [-0.3, -0.25) is 0 Å². The number of hydrogen-bond acceptors (Lipinski definition) is 4. The number of nitrogens with one attached hydrogen (secondary N) is 1. The molecule has 2 rings (SSSR count). The minimum absolute atomic E-state index is 0.228. The van der Waals surface area contributed by atoms with E-state index in [1.807, 2.05) is 6.92 Å². The molecule has 2 heterocycles. The van der Waals surface area contributed by atoms with E-state index in [2.05, 4.69) is 5.09 Å². The summed E-state index contributed by atoms with van der Waals surface area (Å²) in [6.45, 7) is 4.17. The fourth-order valence-electron chi connectivity index (χ4n) is 1.06. The van der Waals surface area contributed by atoms with Crippen molar-refractivity contribution in [3.63, 3.8) is 0 Å². The van der Waals surface area contributed by atoms with Gasteiger partial charge in [0, 0.05) is 0 Å². The molecule has 0 aliphatic carbocycles. The SMILES string of the molecule is CC1CN[P+]2(OCCO2)O1. The molecule has 0 aromatic heterocycles. The first kappa shape index (κ1) is 6.95. The second-order valence-corrected chi connectivity index (χ2v) is 4.48. The summed E-state index contributed by atoms with van der Waals surface area (Å²) >= 11 is 0. The van der Waals surface area contributed by atoms with Crippen LogP contribution in [0.15, 0.2) is 0 Å². The van der Waals surface area contributed by atoms with Crippen LogP contribution in [0.2, 0.25) is 0 Å². The molecular weight excluding hydrogens is 153 g/mol. The molecule has 0 saturated carbocycles. The lowest BCUT2D eigenvalue weighted by Gasteiger charge is -2.05. The van der Waals surface area contributed by atoms with E-state index in [1.165, 1.54) is 0 Å². The van der Waals surface area contributed by atoms with Crippen LogP contribution in [-0.2, 0) is 13.6 Å². The van der Waals surface area contributed by atoms with Gasteiger partial charge in [0.2, 0.25) is 0 Å². The van der Waals surface area contributed by atoms with E-state index in [9.17, 15) is 0 Å². The summed E-state index contributed by atoms with van der Waals surface area (Å²) in [4.78, 5) is 0. The van der Waals surface area contributed by atoms with Crippen LogP contribution in [-0.4, -0.2) is 25.9 Å². The lowest BCUT2D eigenvalue weighted by molar-refractivity contribution is 0.202. The van der Waals surface area contributed by atoms with E-state index < -0.39 is 8.09 Å². The topological polar surface area (TPSA) is 39.7 Å². The smallest absolute Gasteiger partial charge is 0.160 e. The van der Waals surface area contributed by atoms with Crippen molar-refractivity contribution >= 4 is 8.09 Å². The first-order chi connectivity index (χ1) is 4.81. The van der Waals surface area contributed by atoms with Crippen molar-refractivity contribution in [2.45, 2.75) is 13.0 Å². The van der Waals surface area contributed by atoms with Crippen molar-refractivity contribution in [1.82, 2.24) is 5.09 Å². The molecular formula is C5H11NO3P+. The van der Waals surface area contributed by atoms with E-state index in [1.54, 1.807) is 0 Å². The normalized spacial score (nSPS) is 37.5. The predicted octanol–water partition coefficient (Wildman–Crippen LogP) is 0.719. The van der Waals surface area contributed by atoms with Crippen molar-refractivity contribution in [2.75, 3.05) is 19.8 Å². The van der Waals surface area contributed by atoms with Gasteiger partial charge in [0.25, 0.3) is 0 Å². The third-order valence-corrected chi connectivity index (χ3v) is 3.75. The Morgan fingerprint density at radius 1 is 1.40 bits per heavy atom. The third-order valence-electron chi connectivity index (χ3n) is 1.50. The molecule has 0 bridgehead atoms. The minimum Gasteiger partial charge on any atom is -0.160 e. The third kappa shape index (κ3) is 1.06. The molecule has 5 heteroatoms. The van der Waals surface area contributed by atoms with Crippen molar-refractivity contribution in [2.24, 2.45) is 0 Å². The summed E-state index contributed by atoms with van der Waals surface area (Å²) in [5, 5.41) is 3.13. The summed E-state index contributed by atoms with van der Waals surface area (Å²) < 4.78 is 16.1. The van der Waals surface area contributed by atoms with E-state index in [-0.39, 0.29) is 6.10 Å². The predicted molar refractivity (Wildman–Crippen MR) is 37.4 cm³/mol. The first-order valence-electron chi connectivity index (χ1n) is 3.42. The van der Waals surface area contributed by atoms with E-state index in [4.69, 9.17) is 13.6 Å². The van der Waals surface area contributed by atoms with Crippen molar-refractivity contribution in [3.8, 4) is 0 Å². The zero-order valence-electron chi connectivity index (χ0n) is 5.87. The summed E-state index contributed by atoms with van der Waals surface area (Å²) in [5.41, 5.74) is 0. The molecule has 2 aliphatic rings. The second-order valence-electron chi connectivity index (χ2n) is 2.44. The van der Waals surface area contributed by atoms with Gasteiger partial charge in [-0.2, -0.15) is 13.6 Å². The Hall–Kier alpha value is 0.270. The summed E-state index contributed by atoms with van der Waals surface area (Å²) in [6.07, 6.45) is 0.228. The second kappa shape index (κ2) is 2.40. The molecule has 2 fully saturated rings. The van der Waals surface area contributed by atoms with E-state index in [0.717, 1.165) is 6.54 Å². The monoisotopic (exact) mass is 164 g/mol. The average Bonchev–Trinajstić information content (AvgIpc) is 2.46. The Morgan fingerprint density at radius 2 is 2.10 bits per heavy atom. The molecule has 1 N–H and O–H groups in total. The molecule has 10 heavy (non-hydrogen) atoms. The Kier molecular flexibility index (Phi) is 1.66. The van der Waals surface area contributed by atoms with Gasteiger partial charge in [0.1, 0.15) is 19.3 Å². The van der Waals surface area contributed by atoms with Gasteiger partial charge in [-0.25, -0.2) is 0 Å². The first-order valence-corrected chi connectivity index (χ1v) is 4.97. The zero-order valence-corrected chi connectivity index (χ0v) is 6.77. The maximum atomic E-state index is 5.47. The number of rotatable bonds is 0. The molecule has 1 atom stereocenters. The highest BCUT2D eigenvalue weighted by Crippen LogP contribution is 2.64. The van der Waals surface area contributed by atoms with E-state index >= 15 is 0 Å². The van der Waals surface area contributed by atoms with Gasteiger partial charge in [0.05, 0.1) is 6.54 Å². The zero-order chi connectivity index (χ0) is 7.03. The van der Waals surface area contributed by atoms with Crippen LogP contribution < -0.4 is 5.09 Å². The summed E-state index contributed by atoms with van der Waals surface area (Å²) in [5.74, 6) is 0. The van der Waals surface area contributed by atoms with Crippen molar-refractivity contribution in [3.05, 3.63) is 0 Å². The fourth-order valence-corrected chi connectivity index (χ4v) is 3.17. The highest BCUT2D eigenvalue weighted by Gasteiger charge is 2.56. The Balaban J connectivity index is 2.03. The van der Waals surface area contributed by atoms with Crippen LogP contribution in [0.5, 0.6) is 0 Å². The van der Waals surface area contributed by atoms with Gasteiger partial charge in [-0.1, -0.05) is 0 Å². The maximum Gasteiger partial charge on any atom is 0.502 e. The van der Waals surface area contributed by atoms with Crippen LogP contribution in [0, 0.1) is 0 Å². The molecule has 1 unspecified atom stereocenters. The van der Waals surface area contributed by atoms with Crippen LogP contribution in [0.25, 0.3) is 0 Å². The average molecular weight is 164 g/mol. The lowest BCUT2D eigenvalue weighted by Crippen LogP contribution is -2.10. The fraction of sp³-hybridized carbons (Fsp3) is 1.00. The quantitative estimate of drug-likeness (QED) is 0.535.